The van der Waals surface area contributed by atoms with Crippen LogP contribution >= 0.6 is 0 Å². The van der Waals surface area contributed by atoms with Crippen molar-refractivity contribution in [2.75, 3.05) is 33.5 Å². The molecule has 1 aromatic carbocycles. The van der Waals surface area contributed by atoms with E-state index < -0.39 is 6.10 Å². The summed E-state index contributed by atoms with van der Waals surface area (Å²) in [5.41, 5.74) is 0.803. The molecule has 4 nitrogen and oxygen atoms in total. The number of methoxy groups -OCH3 is 1. The highest BCUT2D eigenvalue weighted by molar-refractivity contribution is 5.34. The number of hydrogen-bond donors (Lipinski definition) is 1. The van der Waals surface area contributed by atoms with E-state index in [-0.39, 0.29) is 0 Å². The zero-order chi connectivity index (χ0) is 13.2. The summed E-state index contributed by atoms with van der Waals surface area (Å²) in [5.74, 6) is 0.716. The van der Waals surface area contributed by atoms with Gasteiger partial charge in [-0.2, -0.15) is 0 Å². The van der Waals surface area contributed by atoms with Gasteiger partial charge >= 0.3 is 0 Å². The van der Waals surface area contributed by atoms with Gasteiger partial charge in [0.25, 0.3) is 0 Å². The highest BCUT2D eigenvalue weighted by atomic mass is 16.5. The summed E-state index contributed by atoms with van der Waals surface area (Å²) >= 11 is 0. The van der Waals surface area contributed by atoms with Crippen LogP contribution in [0.15, 0.2) is 24.3 Å². The molecule has 0 saturated heterocycles. The van der Waals surface area contributed by atoms with Crippen molar-refractivity contribution in [3.8, 4) is 5.75 Å². The number of aliphatic hydroxyl groups is 1. The normalized spacial score (nSPS) is 12.4. The third kappa shape index (κ3) is 5.49. The second-order valence-electron chi connectivity index (χ2n) is 4.02. The predicted octanol–water partition coefficient (Wildman–Crippen LogP) is 2.17. The molecule has 1 rings (SSSR count). The molecule has 1 N–H and O–H groups in total. The van der Waals surface area contributed by atoms with Crippen molar-refractivity contribution < 1.29 is 19.3 Å². The van der Waals surface area contributed by atoms with E-state index >= 15 is 0 Å². The smallest absolute Gasteiger partial charge is 0.125 e. The first-order valence-electron chi connectivity index (χ1n) is 6.22. The standard InChI is InChI=1S/C14H22O4/c1-12(15)13-6-3-4-7-14(13)18-11-10-17-9-5-8-16-2/h3-4,6-7,12,15H,5,8-11H2,1-2H3/t12-/m0/s1. The molecule has 0 unspecified atom stereocenters. The first-order valence-corrected chi connectivity index (χ1v) is 6.22. The predicted molar refractivity (Wildman–Crippen MR) is 69.9 cm³/mol. The number of aliphatic hydroxyl groups excluding tert-OH is 1. The zero-order valence-electron chi connectivity index (χ0n) is 11.1. The van der Waals surface area contributed by atoms with Gasteiger partial charge in [-0.1, -0.05) is 18.2 Å². The lowest BCUT2D eigenvalue weighted by Crippen LogP contribution is -2.10. The van der Waals surface area contributed by atoms with E-state index in [1.165, 1.54) is 0 Å². The Bertz CT molecular complexity index is 325. The van der Waals surface area contributed by atoms with Gasteiger partial charge in [0, 0.05) is 25.9 Å². The number of hydrogen-bond acceptors (Lipinski definition) is 4. The fourth-order valence-corrected chi connectivity index (χ4v) is 1.58. The summed E-state index contributed by atoms with van der Waals surface area (Å²) in [6.45, 7) is 4.14. The Morgan fingerprint density at radius 2 is 1.89 bits per heavy atom. The van der Waals surface area contributed by atoms with Crippen molar-refractivity contribution >= 4 is 0 Å². The van der Waals surface area contributed by atoms with E-state index in [1.54, 1.807) is 14.0 Å². The maximum absolute atomic E-state index is 9.58. The van der Waals surface area contributed by atoms with Gasteiger partial charge < -0.3 is 19.3 Å². The third-order valence-electron chi connectivity index (χ3n) is 2.49. The largest absolute Gasteiger partial charge is 0.491 e. The first-order chi connectivity index (χ1) is 8.75. The fraction of sp³-hybridized carbons (Fsp3) is 0.571. The summed E-state index contributed by atoms with van der Waals surface area (Å²) in [7, 11) is 1.68. The molecular formula is C14H22O4. The van der Waals surface area contributed by atoms with Crippen molar-refractivity contribution in [1.29, 1.82) is 0 Å². The van der Waals surface area contributed by atoms with Gasteiger partial charge in [-0.15, -0.1) is 0 Å². The molecule has 0 aromatic heterocycles. The third-order valence-corrected chi connectivity index (χ3v) is 2.49. The molecule has 0 aliphatic heterocycles. The number of benzene rings is 1. The Labute approximate surface area is 108 Å². The quantitative estimate of drug-likeness (QED) is 0.686. The van der Waals surface area contributed by atoms with Crippen LogP contribution in [0.5, 0.6) is 5.75 Å². The SMILES string of the molecule is COCCCOCCOc1ccccc1[C@H](C)O. The average molecular weight is 254 g/mol. The Kier molecular flexibility index (Phi) is 7.41. The van der Waals surface area contributed by atoms with E-state index in [2.05, 4.69) is 0 Å². The molecule has 102 valence electrons. The van der Waals surface area contributed by atoms with Crippen LogP contribution in [0, 0.1) is 0 Å². The summed E-state index contributed by atoms with van der Waals surface area (Å²) in [5, 5.41) is 9.58. The van der Waals surface area contributed by atoms with Gasteiger partial charge in [-0.25, -0.2) is 0 Å². The van der Waals surface area contributed by atoms with E-state index in [4.69, 9.17) is 14.2 Å². The average Bonchev–Trinajstić information content (AvgIpc) is 2.38. The summed E-state index contributed by atoms with van der Waals surface area (Å²) in [4.78, 5) is 0. The van der Waals surface area contributed by atoms with Crippen LogP contribution in [0.2, 0.25) is 0 Å². The molecule has 0 bridgehead atoms. The Balaban J connectivity index is 2.23. The Hall–Kier alpha value is -1.10. The van der Waals surface area contributed by atoms with Gasteiger partial charge in [-0.3, -0.25) is 0 Å². The lowest BCUT2D eigenvalue weighted by molar-refractivity contribution is 0.0795. The number of ether oxygens (including phenoxy) is 3. The fourth-order valence-electron chi connectivity index (χ4n) is 1.58. The topological polar surface area (TPSA) is 47.9 Å². The summed E-state index contributed by atoms with van der Waals surface area (Å²) in [6, 6.07) is 7.49. The van der Waals surface area contributed by atoms with Crippen LogP contribution in [-0.2, 0) is 9.47 Å². The minimum Gasteiger partial charge on any atom is -0.491 e. The van der Waals surface area contributed by atoms with Gasteiger partial charge in [-0.05, 0) is 19.4 Å². The molecule has 4 heteroatoms. The first kappa shape index (κ1) is 15.0. The van der Waals surface area contributed by atoms with E-state index in [9.17, 15) is 5.11 Å². The van der Waals surface area contributed by atoms with Crippen LogP contribution in [-0.4, -0.2) is 38.6 Å². The molecular weight excluding hydrogens is 232 g/mol. The lowest BCUT2D eigenvalue weighted by Gasteiger charge is -2.13. The van der Waals surface area contributed by atoms with Crippen molar-refractivity contribution in [2.24, 2.45) is 0 Å². The van der Waals surface area contributed by atoms with E-state index in [0.717, 1.165) is 12.0 Å². The van der Waals surface area contributed by atoms with Crippen LogP contribution in [0.4, 0.5) is 0 Å². The Morgan fingerprint density at radius 3 is 2.61 bits per heavy atom. The summed E-state index contributed by atoms with van der Waals surface area (Å²) < 4.78 is 15.9. The van der Waals surface area contributed by atoms with Crippen molar-refractivity contribution in [1.82, 2.24) is 0 Å². The van der Waals surface area contributed by atoms with E-state index in [0.29, 0.717) is 32.2 Å². The molecule has 1 atom stereocenters. The summed E-state index contributed by atoms with van der Waals surface area (Å²) in [6.07, 6.45) is 0.365. The van der Waals surface area contributed by atoms with Crippen molar-refractivity contribution in [3.05, 3.63) is 29.8 Å². The highest BCUT2D eigenvalue weighted by Gasteiger charge is 2.07. The van der Waals surface area contributed by atoms with Gasteiger partial charge in [0.15, 0.2) is 0 Å². The molecule has 0 saturated carbocycles. The second-order valence-corrected chi connectivity index (χ2v) is 4.02. The molecule has 18 heavy (non-hydrogen) atoms. The Morgan fingerprint density at radius 1 is 1.11 bits per heavy atom. The number of rotatable bonds is 9. The van der Waals surface area contributed by atoms with Gasteiger partial charge in [0.1, 0.15) is 12.4 Å². The molecule has 0 amide bonds. The molecule has 0 heterocycles. The van der Waals surface area contributed by atoms with Gasteiger partial charge in [0.05, 0.1) is 12.7 Å². The molecule has 0 spiro atoms. The van der Waals surface area contributed by atoms with Crippen LogP contribution in [0.25, 0.3) is 0 Å². The highest BCUT2D eigenvalue weighted by Crippen LogP contribution is 2.24. The monoisotopic (exact) mass is 254 g/mol. The maximum atomic E-state index is 9.58. The second kappa shape index (κ2) is 8.91. The van der Waals surface area contributed by atoms with Crippen molar-refractivity contribution in [3.63, 3.8) is 0 Å². The minimum atomic E-state index is -0.524. The zero-order valence-corrected chi connectivity index (χ0v) is 11.1. The molecule has 0 aliphatic carbocycles. The molecule has 0 radical (unpaired) electrons. The van der Waals surface area contributed by atoms with E-state index in [1.807, 2.05) is 24.3 Å². The minimum absolute atomic E-state index is 0.483. The molecule has 0 fully saturated rings. The molecule has 0 aliphatic rings. The van der Waals surface area contributed by atoms with Crippen LogP contribution in [0.3, 0.4) is 0 Å². The maximum Gasteiger partial charge on any atom is 0.125 e. The molecule has 1 aromatic rings. The van der Waals surface area contributed by atoms with Gasteiger partial charge in [0.2, 0.25) is 0 Å². The lowest BCUT2D eigenvalue weighted by atomic mass is 10.1. The van der Waals surface area contributed by atoms with Crippen LogP contribution < -0.4 is 4.74 Å². The number of para-hydroxylation sites is 1. The van der Waals surface area contributed by atoms with Crippen LogP contribution in [0.1, 0.15) is 25.0 Å². The van der Waals surface area contributed by atoms with Crippen molar-refractivity contribution in [2.45, 2.75) is 19.4 Å².